The highest BCUT2D eigenvalue weighted by Crippen LogP contribution is 2.37. The van der Waals surface area contributed by atoms with Gasteiger partial charge in [0.2, 0.25) is 0 Å². The fraction of sp³-hybridized carbons (Fsp3) is 0.400. The Kier molecular flexibility index (Phi) is 5.85. The zero-order valence-corrected chi connectivity index (χ0v) is 19.1. The Labute approximate surface area is 197 Å². The van der Waals surface area contributed by atoms with Gasteiger partial charge in [-0.2, -0.15) is 0 Å². The van der Waals surface area contributed by atoms with E-state index in [1.807, 2.05) is 18.2 Å². The summed E-state index contributed by atoms with van der Waals surface area (Å²) in [5.41, 5.74) is 2.75. The second-order valence-electron chi connectivity index (χ2n) is 9.24. The van der Waals surface area contributed by atoms with Crippen LogP contribution in [0, 0.1) is 11.7 Å². The predicted octanol–water partition coefficient (Wildman–Crippen LogP) is 5.03. The van der Waals surface area contributed by atoms with Gasteiger partial charge >= 0.3 is 12.1 Å². The molecular weight excluding hydrogens is 437 g/mol. The Bertz CT molecular complexity index is 1220. The Morgan fingerprint density at radius 3 is 2.62 bits per heavy atom. The van der Waals surface area contributed by atoms with Gasteiger partial charge in [-0.25, -0.2) is 19.0 Å². The van der Waals surface area contributed by atoms with E-state index in [9.17, 15) is 19.1 Å². The molecule has 1 aromatic heterocycles. The van der Waals surface area contributed by atoms with Crippen LogP contribution in [-0.2, 0) is 0 Å². The minimum Gasteiger partial charge on any atom is -0.465 e. The maximum absolute atomic E-state index is 14.2. The van der Waals surface area contributed by atoms with Crippen molar-refractivity contribution in [2.24, 2.45) is 5.92 Å². The van der Waals surface area contributed by atoms with Crippen LogP contribution in [0.25, 0.3) is 11.0 Å². The van der Waals surface area contributed by atoms with Crippen LogP contribution in [0.1, 0.15) is 37.4 Å². The summed E-state index contributed by atoms with van der Waals surface area (Å²) < 4.78 is 14.2. The third-order valence-corrected chi connectivity index (χ3v) is 7.06. The molecule has 2 heterocycles. The molecule has 1 saturated heterocycles. The van der Waals surface area contributed by atoms with Gasteiger partial charge in [-0.1, -0.05) is 12.1 Å². The van der Waals surface area contributed by atoms with Gasteiger partial charge in [0.15, 0.2) is 0 Å². The number of nitrogens with one attached hydrogen (secondary N) is 1. The summed E-state index contributed by atoms with van der Waals surface area (Å²) >= 11 is 0. The molecule has 3 amide bonds. The van der Waals surface area contributed by atoms with Crippen LogP contribution in [0.5, 0.6) is 0 Å². The van der Waals surface area contributed by atoms with E-state index in [-0.39, 0.29) is 30.1 Å². The highest BCUT2D eigenvalue weighted by Gasteiger charge is 2.29. The van der Waals surface area contributed by atoms with Gasteiger partial charge in [-0.05, 0) is 61.9 Å². The molecule has 5 rings (SSSR count). The molecule has 8 nitrogen and oxygen atoms in total. The van der Waals surface area contributed by atoms with E-state index in [0.29, 0.717) is 13.1 Å². The molecule has 34 heavy (non-hydrogen) atoms. The van der Waals surface area contributed by atoms with E-state index in [4.69, 9.17) is 4.98 Å². The number of anilines is 2. The van der Waals surface area contributed by atoms with Crippen molar-refractivity contribution >= 4 is 34.5 Å². The average molecular weight is 466 g/mol. The molecule has 2 aliphatic rings. The molecule has 2 N–H and O–H groups in total. The number of fused-ring (bicyclic) bond motifs is 1. The van der Waals surface area contributed by atoms with Gasteiger partial charge in [0.25, 0.3) is 0 Å². The first kappa shape index (κ1) is 22.2. The third-order valence-electron chi connectivity index (χ3n) is 7.06. The van der Waals surface area contributed by atoms with E-state index in [1.165, 1.54) is 12.1 Å². The van der Waals surface area contributed by atoms with Gasteiger partial charge in [-0.3, -0.25) is 9.80 Å². The number of H-pyrrole nitrogens is 1. The summed E-state index contributed by atoms with van der Waals surface area (Å²) in [5, 5.41) is 9.64. The largest absolute Gasteiger partial charge is 0.465 e. The molecule has 3 aromatic rings. The number of likely N-dealkylation sites (N-methyl/N-ethyl adjacent to an activating group) is 1. The van der Waals surface area contributed by atoms with Crippen molar-refractivity contribution in [2.75, 3.05) is 36.5 Å². The van der Waals surface area contributed by atoms with E-state index < -0.39 is 11.9 Å². The number of rotatable bonds is 5. The monoisotopic (exact) mass is 465 g/mol. The van der Waals surface area contributed by atoms with Crippen LogP contribution in [-0.4, -0.2) is 58.8 Å². The second kappa shape index (κ2) is 8.96. The summed E-state index contributed by atoms with van der Waals surface area (Å²) in [6, 6.07) is 11.9. The maximum Gasteiger partial charge on any atom is 0.411 e. The number of aromatic nitrogens is 2. The van der Waals surface area contributed by atoms with Gasteiger partial charge in [-0.15, -0.1) is 0 Å². The van der Waals surface area contributed by atoms with Gasteiger partial charge < -0.3 is 15.0 Å². The zero-order chi connectivity index (χ0) is 23.8. The number of carbonyl (C=O) groups is 2. The first-order valence-corrected chi connectivity index (χ1v) is 11.7. The van der Waals surface area contributed by atoms with Crippen molar-refractivity contribution in [2.45, 2.75) is 31.6 Å². The van der Waals surface area contributed by atoms with Crippen LogP contribution in [0.2, 0.25) is 0 Å². The molecule has 9 heteroatoms. The number of halogens is 1. The lowest BCUT2D eigenvalue weighted by atomic mass is 9.81. The molecule has 0 bridgehead atoms. The van der Waals surface area contributed by atoms with E-state index in [1.54, 1.807) is 29.0 Å². The lowest BCUT2D eigenvalue weighted by molar-refractivity contribution is 0.198. The number of imidazole rings is 1. The van der Waals surface area contributed by atoms with Gasteiger partial charge in [0, 0.05) is 38.3 Å². The number of carbonyl (C=O) groups excluding carboxylic acids is 1. The van der Waals surface area contributed by atoms with Crippen LogP contribution < -0.4 is 9.80 Å². The highest BCUT2D eigenvalue weighted by atomic mass is 19.1. The highest BCUT2D eigenvalue weighted by molar-refractivity contribution is 5.96. The number of para-hydroxylation sites is 1. The normalized spacial score (nSPS) is 20.8. The summed E-state index contributed by atoms with van der Waals surface area (Å²) in [4.78, 5) is 36.9. The molecule has 0 unspecified atom stereocenters. The molecule has 0 radical (unpaired) electrons. The van der Waals surface area contributed by atoms with E-state index >= 15 is 0 Å². The second-order valence-corrected chi connectivity index (χ2v) is 9.24. The summed E-state index contributed by atoms with van der Waals surface area (Å²) in [6.45, 7) is 1.67. The number of nitrogens with zero attached hydrogens (tertiary/aromatic N) is 4. The predicted molar refractivity (Wildman–Crippen MR) is 128 cm³/mol. The number of hydrogen-bond donors (Lipinski definition) is 2. The number of urea groups is 1. The summed E-state index contributed by atoms with van der Waals surface area (Å²) in [5.74, 6) is 0.835. The van der Waals surface area contributed by atoms with Crippen molar-refractivity contribution in [3.8, 4) is 0 Å². The zero-order valence-electron chi connectivity index (χ0n) is 19.1. The maximum atomic E-state index is 14.2. The Morgan fingerprint density at radius 2 is 1.94 bits per heavy atom. The Balaban J connectivity index is 1.25. The van der Waals surface area contributed by atoms with Gasteiger partial charge in [0.1, 0.15) is 11.6 Å². The fourth-order valence-corrected chi connectivity index (χ4v) is 5.09. The Hall–Kier alpha value is -3.62. The number of hydrogen-bond acceptors (Lipinski definition) is 3. The summed E-state index contributed by atoms with van der Waals surface area (Å²) in [6.07, 6.45) is 2.33. The van der Waals surface area contributed by atoms with E-state index in [0.717, 1.165) is 53.1 Å². The molecule has 0 spiro atoms. The third kappa shape index (κ3) is 4.18. The minimum absolute atomic E-state index is 0.00296. The van der Waals surface area contributed by atoms with Crippen molar-refractivity contribution in [1.82, 2.24) is 14.9 Å². The fourth-order valence-electron chi connectivity index (χ4n) is 5.09. The molecule has 1 aliphatic carbocycles. The van der Waals surface area contributed by atoms with Crippen molar-refractivity contribution in [1.29, 1.82) is 0 Å². The molecular formula is C25H28FN5O3. The SMILES string of the molecule is CN1CCN(c2ccc3nc(C4CCC(CN(C(=O)O)c5ccccc5F)CC4)[nH]c3c2)C1=O. The first-order chi connectivity index (χ1) is 16.4. The molecule has 2 aromatic carbocycles. The van der Waals surface area contributed by atoms with Crippen LogP contribution in [0.15, 0.2) is 42.5 Å². The van der Waals surface area contributed by atoms with Crippen LogP contribution in [0.3, 0.4) is 0 Å². The number of benzene rings is 2. The molecule has 2 fully saturated rings. The lowest BCUT2D eigenvalue weighted by Gasteiger charge is -2.31. The molecule has 1 aliphatic heterocycles. The standard InChI is InChI=1S/C25H28FN5O3/c1-29-12-13-30(24(29)32)18-10-11-20-21(14-18)28-23(27-20)17-8-6-16(7-9-17)15-31(25(33)34)22-5-3-2-4-19(22)26/h2-5,10-11,14,16-17H,6-9,12-13,15H2,1H3,(H,27,28)(H,33,34). The smallest absolute Gasteiger partial charge is 0.411 e. The molecule has 1 saturated carbocycles. The minimum atomic E-state index is -1.14. The summed E-state index contributed by atoms with van der Waals surface area (Å²) in [7, 11) is 1.80. The molecule has 0 atom stereocenters. The number of amides is 3. The first-order valence-electron chi connectivity index (χ1n) is 11.7. The quantitative estimate of drug-likeness (QED) is 0.553. The molecule has 178 valence electrons. The Morgan fingerprint density at radius 1 is 1.18 bits per heavy atom. The van der Waals surface area contributed by atoms with Crippen molar-refractivity contribution in [3.05, 3.63) is 54.1 Å². The number of carboxylic acid groups (broad SMARTS) is 1. The van der Waals surface area contributed by atoms with Crippen molar-refractivity contribution in [3.63, 3.8) is 0 Å². The van der Waals surface area contributed by atoms with Crippen LogP contribution in [0.4, 0.5) is 25.4 Å². The number of aromatic amines is 1. The topological polar surface area (TPSA) is 92.8 Å². The average Bonchev–Trinajstić information content (AvgIpc) is 3.41. The van der Waals surface area contributed by atoms with Crippen molar-refractivity contribution < 1.29 is 19.1 Å². The van der Waals surface area contributed by atoms with E-state index in [2.05, 4.69) is 4.98 Å². The van der Waals surface area contributed by atoms with Crippen LogP contribution >= 0.6 is 0 Å². The van der Waals surface area contributed by atoms with Gasteiger partial charge in [0.05, 0.1) is 16.7 Å². The lowest BCUT2D eigenvalue weighted by Crippen LogP contribution is -2.36.